The lowest BCUT2D eigenvalue weighted by Crippen LogP contribution is -1.97. The average molecular weight is 229 g/mol. The number of anilines is 1. The summed E-state index contributed by atoms with van der Waals surface area (Å²) in [6.07, 6.45) is 1.45. The Bertz CT molecular complexity index is 572. The zero-order valence-corrected chi connectivity index (χ0v) is 8.72. The summed E-state index contributed by atoms with van der Waals surface area (Å²) in [5.74, 6) is -0.686. The minimum atomic E-state index is -0.598. The number of nitrogen functional groups attached to an aromatic ring is 1. The van der Waals surface area contributed by atoms with Gasteiger partial charge in [0.1, 0.15) is 11.6 Å². The molecule has 1 aromatic carbocycles. The number of benzene rings is 1. The predicted molar refractivity (Wildman–Crippen MR) is 59.8 cm³/mol. The molecule has 0 saturated carbocycles. The molecule has 1 heterocycles. The highest BCUT2D eigenvalue weighted by molar-refractivity contribution is 5.55. The first-order valence-corrected chi connectivity index (χ1v) is 4.79. The first-order valence-electron chi connectivity index (χ1n) is 4.79. The molecular weight excluding hydrogens is 221 g/mol. The molecule has 84 valence electrons. The Kier molecular flexibility index (Phi) is 2.88. The van der Waals surface area contributed by atoms with Gasteiger partial charge in [-0.3, -0.25) is 0 Å². The number of aromatic nitrogens is 1. The molecule has 0 radical (unpaired) electrons. The fraction of sp³-hybridized carbons (Fsp3) is 0. The number of pyridine rings is 1. The molecule has 2 aromatic rings. The molecule has 0 aliphatic heterocycles. The van der Waals surface area contributed by atoms with E-state index in [4.69, 9.17) is 15.7 Å². The zero-order chi connectivity index (χ0) is 12.3. The van der Waals surface area contributed by atoms with E-state index in [1.807, 2.05) is 6.07 Å². The Hall–Kier alpha value is -2.61. The third kappa shape index (κ3) is 2.16. The van der Waals surface area contributed by atoms with Crippen LogP contribution in [-0.4, -0.2) is 4.98 Å². The Morgan fingerprint density at radius 3 is 2.82 bits per heavy atom. The van der Waals surface area contributed by atoms with Crippen molar-refractivity contribution in [2.45, 2.75) is 0 Å². The molecule has 0 amide bonds. The van der Waals surface area contributed by atoms with Crippen molar-refractivity contribution in [2.75, 3.05) is 5.73 Å². The van der Waals surface area contributed by atoms with Crippen molar-refractivity contribution in [1.82, 2.24) is 4.98 Å². The molecule has 4 nitrogen and oxygen atoms in total. The Morgan fingerprint density at radius 1 is 1.29 bits per heavy atom. The standard InChI is InChI=1S/C12H8FN3O/c13-9-4-1-5-10(15)11(9)17-12-8(7-14)3-2-6-16-12/h1-6H,15H2. The fourth-order valence-corrected chi connectivity index (χ4v) is 1.29. The second-order valence-corrected chi connectivity index (χ2v) is 3.23. The normalized spacial score (nSPS) is 9.65. The van der Waals surface area contributed by atoms with E-state index >= 15 is 0 Å². The molecule has 0 unspecified atom stereocenters. The lowest BCUT2D eigenvalue weighted by atomic mass is 10.2. The van der Waals surface area contributed by atoms with E-state index in [9.17, 15) is 4.39 Å². The van der Waals surface area contributed by atoms with Crippen LogP contribution in [0.15, 0.2) is 36.5 Å². The maximum absolute atomic E-state index is 13.5. The van der Waals surface area contributed by atoms with Gasteiger partial charge in [-0.25, -0.2) is 9.37 Å². The molecule has 0 bridgehead atoms. The monoisotopic (exact) mass is 229 g/mol. The average Bonchev–Trinajstić information content (AvgIpc) is 2.34. The topological polar surface area (TPSA) is 71.9 Å². The first kappa shape index (κ1) is 10.9. The number of ether oxygens (including phenoxy) is 1. The number of hydrogen-bond acceptors (Lipinski definition) is 4. The van der Waals surface area contributed by atoms with Gasteiger partial charge in [0.2, 0.25) is 5.88 Å². The van der Waals surface area contributed by atoms with Gasteiger partial charge in [0.05, 0.1) is 5.69 Å². The highest BCUT2D eigenvalue weighted by atomic mass is 19.1. The van der Waals surface area contributed by atoms with Gasteiger partial charge in [-0.15, -0.1) is 0 Å². The summed E-state index contributed by atoms with van der Waals surface area (Å²) in [6, 6.07) is 9.23. The second-order valence-electron chi connectivity index (χ2n) is 3.23. The lowest BCUT2D eigenvalue weighted by Gasteiger charge is -2.08. The van der Waals surface area contributed by atoms with Crippen LogP contribution in [0.4, 0.5) is 10.1 Å². The molecule has 0 spiro atoms. The van der Waals surface area contributed by atoms with Gasteiger partial charge >= 0.3 is 0 Å². The number of rotatable bonds is 2. The third-order valence-corrected chi connectivity index (χ3v) is 2.09. The minimum Gasteiger partial charge on any atom is -0.432 e. The minimum absolute atomic E-state index is 0.0341. The van der Waals surface area contributed by atoms with E-state index in [-0.39, 0.29) is 22.9 Å². The van der Waals surface area contributed by atoms with E-state index in [2.05, 4.69) is 4.98 Å². The summed E-state index contributed by atoms with van der Waals surface area (Å²) < 4.78 is 18.7. The van der Waals surface area contributed by atoms with Gasteiger partial charge in [0.25, 0.3) is 0 Å². The zero-order valence-electron chi connectivity index (χ0n) is 8.72. The molecule has 2 N–H and O–H groups in total. The summed E-state index contributed by atoms with van der Waals surface area (Å²) in [5.41, 5.74) is 5.96. The van der Waals surface area contributed by atoms with Crippen LogP contribution in [0.3, 0.4) is 0 Å². The van der Waals surface area contributed by atoms with Crippen LogP contribution in [-0.2, 0) is 0 Å². The molecule has 2 rings (SSSR count). The highest BCUT2D eigenvalue weighted by Gasteiger charge is 2.11. The van der Waals surface area contributed by atoms with Crippen molar-refractivity contribution < 1.29 is 9.13 Å². The van der Waals surface area contributed by atoms with E-state index in [1.54, 1.807) is 6.07 Å². The lowest BCUT2D eigenvalue weighted by molar-refractivity contribution is 0.428. The van der Waals surface area contributed by atoms with Crippen molar-refractivity contribution in [2.24, 2.45) is 0 Å². The molecule has 5 heteroatoms. The molecule has 0 atom stereocenters. The largest absolute Gasteiger partial charge is 0.432 e. The highest BCUT2D eigenvalue weighted by Crippen LogP contribution is 2.30. The fourth-order valence-electron chi connectivity index (χ4n) is 1.29. The summed E-state index contributed by atoms with van der Waals surface area (Å²) in [7, 11) is 0. The number of nitrogens with two attached hydrogens (primary N) is 1. The maximum Gasteiger partial charge on any atom is 0.237 e. The summed E-state index contributed by atoms with van der Waals surface area (Å²) in [6.45, 7) is 0. The number of halogens is 1. The van der Waals surface area contributed by atoms with Crippen LogP contribution >= 0.6 is 0 Å². The molecule has 1 aromatic heterocycles. The van der Waals surface area contributed by atoms with E-state index < -0.39 is 5.82 Å². The molecular formula is C12H8FN3O. The number of hydrogen-bond donors (Lipinski definition) is 1. The number of nitriles is 1. The molecule has 0 aliphatic rings. The van der Waals surface area contributed by atoms with E-state index in [1.165, 1.54) is 30.5 Å². The van der Waals surface area contributed by atoms with Gasteiger partial charge in [-0.1, -0.05) is 6.07 Å². The van der Waals surface area contributed by atoms with E-state index in [0.29, 0.717) is 0 Å². The number of nitrogens with zero attached hydrogens (tertiary/aromatic N) is 2. The van der Waals surface area contributed by atoms with Gasteiger partial charge in [0, 0.05) is 6.20 Å². The van der Waals surface area contributed by atoms with Crippen LogP contribution in [0.5, 0.6) is 11.6 Å². The van der Waals surface area contributed by atoms with Crippen LogP contribution < -0.4 is 10.5 Å². The summed E-state index contributed by atoms with van der Waals surface area (Å²) >= 11 is 0. The number of para-hydroxylation sites is 1. The van der Waals surface area contributed by atoms with Crippen molar-refractivity contribution in [3.63, 3.8) is 0 Å². The smallest absolute Gasteiger partial charge is 0.237 e. The van der Waals surface area contributed by atoms with Crippen molar-refractivity contribution in [1.29, 1.82) is 5.26 Å². The van der Waals surface area contributed by atoms with Gasteiger partial charge in [-0.2, -0.15) is 5.26 Å². The van der Waals surface area contributed by atoms with Crippen molar-refractivity contribution >= 4 is 5.69 Å². The summed E-state index contributed by atoms with van der Waals surface area (Å²) in [4.78, 5) is 3.86. The Morgan fingerprint density at radius 2 is 2.12 bits per heavy atom. The van der Waals surface area contributed by atoms with Crippen molar-refractivity contribution in [3.05, 3.63) is 47.9 Å². The molecule has 0 saturated heterocycles. The van der Waals surface area contributed by atoms with Crippen molar-refractivity contribution in [3.8, 4) is 17.7 Å². The molecule has 0 fully saturated rings. The van der Waals surface area contributed by atoms with Gasteiger partial charge in [0.15, 0.2) is 11.6 Å². The molecule has 17 heavy (non-hydrogen) atoms. The van der Waals surface area contributed by atoms with E-state index in [0.717, 1.165) is 0 Å². The first-order chi connectivity index (χ1) is 8.22. The van der Waals surface area contributed by atoms with Crippen LogP contribution in [0.1, 0.15) is 5.56 Å². The second kappa shape index (κ2) is 4.49. The quantitative estimate of drug-likeness (QED) is 0.803. The summed E-state index contributed by atoms with van der Waals surface area (Å²) in [5, 5.41) is 8.84. The third-order valence-electron chi connectivity index (χ3n) is 2.09. The van der Waals surface area contributed by atoms with Crippen LogP contribution in [0, 0.1) is 17.1 Å². The van der Waals surface area contributed by atoms with Gasteiger partial charge < -0.3 is 10.5 Å². The van der Waals surface area contributed by atoms with Crippen LogP contribution in [0.25, 0.3) is 0 Å². The Labute approximate surface area is 97.1 Å². The Balaban J connectivity index is 2.42. The SMILES string of the molecule is N#Cc1cccnc1Oc1c(N)cccc1F. The maximum atomic E-state index is 13.5. The molecule has 0 aliphatic carbocycles. The van der Waals surface area contributed by atoms with Gasteiger partial charge in [-0.05, 0) is 24.3 Å². The predicted octanol–water partition coefficient (Wildman–Crippen LogP) is 2.47. The van der Waals surface area contributed by atoms with Crippen LogP contribution in [0.2, 0.25) is 0 Å².